The number of carbonyl (C=O) groups excluding carboxylic acids is 1. The summed E-state index contributed by atoms with van der Waals surface area (Å²) in [4.78, 5) is 12.4. The number of Topliss-reactive ketones (excluding diaryl/α,β-unsaturated/α-hetero) is 1. The van der Waals surface area contributed by atoms with Crippen LogP contribution in [-0.4, -0.2) is 18.9 Å². The van der Waals surface area contributed by atoms with E-state index >= 15 is 0 Å². The molecule has 2 rings (SSSR count). The molecule has 1 saturated heterocycles. The second-order valence-electron chi connectivity index (χ2n) is 5.23. The zero-order chi connectivity index (χ0) is 13.3. The highest BCUT2D eigenvalue weighted by Crippen LogP contribution is 2.31. The number of rotatable bonds is 2. The average Bonchev–Trinajstić information content (AvgIpc) is 2.36. The number of halogens is 2. The van der Waals surface area contributed by atoms with E-state index in [1.165, 1.54) is 19.1 Å². The lowest BCUT2D eigenvalue weighted by Gasteiger charge is -2.32. The predicted molar refractivity (Wildman–Crippen MR) is 65.6 cm³/mol. The molecular formula is C14H17F2NO. The van der Waals surface area contributed by atoms with E-state index in [4.69, 9.17) is 0 Å². The molecule has 4 heteroatoms. The van der Waals surface area contributed by atoms with Gasteiger partial charge in [0, 0.05) is 12.0 Å². The molecule has 0 aliphatic carbocycles. The van der Waals surface area contributed by atoms with E-state index in [1.54, 1.807) is 6.92 Å². The Morgan fingerprint density at radius 2 is 2.06 bits per heavy atom. The third-order valence-electron chi connectivity index (χ3n) is 3.67. The second-order valence-corrected chi connectivity index (χ2v) is 5.23. The molecule has 1 fully saturated rings. The van der Waals surface area contributed by atoms with Gasteiger partial charge in [-0.3, -0.25) is 4.79 Å². The minimum Gasteiger partial charge on any atom is -0.316 e. The first-order valence-electron chi connectivity index (χ1n) is 6.16. The first-order valence-corrected chi connectivity index (χ1v) is 6.16. The van der Waals surface area contributed by atoms with Crippen LogP contribution in [0.25, 0.3) is 0 Å². The van der Waals surface area contributed by atoms with Crippen LogP contribution in [0.2, 0.25) is 0 Å². The molecule has 1 atom stereocenters. The van der Waals surface area contributed by atoms with Gasteiger partial charge in [-0.25, -0.2) is 8.78 Å². The molecule has 18 heavy (non-hydrogen) atoms. The minimum absolute atomic E-state index is 0.135. The van der Waals surface area contributed by atoms with Crippen LogP contribution in [0.4, 0.5) is 8.78 Å². The monoisotopic (exact) mass is 253 g/mol. The molecule has 1 N–H and O–H groups in total. The average molecular weight is 253 g/mol. The lowest BCUT2D eigenvalue weighted by Crippen LogP contribution is -2.43. The van der Waals surface area contributed by atoms with E-state index in [2.05, 4.69) is 5.32 Å². The molecule has 2 nitrogen and oxygen atoms in total. The highest BCUT2D eigenvalue weighted by atomic mass is 19.2. The summed E-state index contributed by atoms with van der Waals surface area (Å²) in [5, 5.41) is 3.13. The van der Waals surface area contributed by atoms with Gasteiger partial charge in [-0.15, -0.1) is 0 Å². The molecule has 1 unspecified atom stereocenters. The van der Waals surface area contributed by atoms with Gasteiger partial charge in [0.2, 0.25) is 0 Å². The van der Waals surface area contributed by atoms with Crippen LogP contribution in [0.5, 0.6) is 0 Å². The Morgan fingerprint density at radius 1 is 1.33 bits per heavy atom. The molecule has 1 aliphatic rings. The summed E-state index contributed by atoms with van der Waals surface area (Å²) in [6, 6.07) is 2.83. The molecular weight excluding hydrogens is 236 g/mol. The number of piperidine rings is 1. The zero-order valence-electron chi connectivity index (χ0n) is 10.6. The third kappa shape index (κ3) is 2.17. The fraction of sp³-hybridized carbons (Fsp3) is 0.500. The van der Waals surface area contributed by atoms with E-state index in [9.17, 15) is 13.6 Å². The molecule has 1 aliphatic heterocycles. The number of aryl methyl sites for hydroxylation is 1. The largest absolute Gasteiger partial charge is 0.316 e. The molecule has 0 radical (unpaired) electrons. The molecule has 0 bridgehead atoms. The molecule has 0 amide bonds. The summed E-state index contributed by atoms with van der Waals surface area (Å²) in [5.41, 5.74) is -0.555. The number of nitrogens with one attached hydrogen (secondary N) is 1. The Hall–Kier alpha value is -1.29. The Morgan fingerprint density at radius 3 is 2.67 bits per heavy atom. The first kappa shape index (κ1) is 13.1. The van der Waals surface area contributed by atoms with Gasteiger partial charge in [0.05, 0.1) is 5.56 Å². The standard InChI is InChI=1S/C14H17F2NO/c1-9-4-5-10(12(16)11(9)15)13(18)14(2)6-3-7-17-8-14/h4-5,17H,3,6-8H2,1-2H3. The molecule has 1 heterocycles. The second kappa shape index (κ2) is 4.76. The molecule has 98 valence electrons. The van der Waals surface area contributed by atoms with E-state index in [1.807, 2.05) is 0 Å². The Labute approximate surface area is 105 Å². The van der Waals surface area contributed by atoms with Crippen molar-refractivity contribution in [3.63, 3.8) is 0 Å². The van der Waals surface area contributed by atoms with Crippen LogP contribution in [-0.2, 0) is 0 Å². The van der Waals surface area contributed by atoms with Crippen molar-refractivity contribution in [1.82, 2.24) is 5.32 Å². The minimum atomic E-state index is -1.02. The quantitative estimate of drug-likeness (QED) is 0.821. The van der Waals surface area contributed by atoms with Gasteiger partial charge >= 0.3 is 0 Å². The van der Waals surface area contributed by atoms with Crippen molar-refractivity contribution in [3.8, 4) is 0 Å². The molecule has 0 saturated carbocycles. The summed E-state index contributed by atoms with van der Waals surface area (Å²) >= 11 is 0. The van der Waals surface area contributed by atoms with Crippen LogP contribution in [0.1, 0.15) is 35.7 Å². The lowest BCUT2D eigenvalue weighted by atomic mass is 9.76. The van der Waals surface area contributed by atoms with Crippen molar-refractivity contribution < 1.29 is 13.6 Å². The smallest absolute Gasteiger partial charge is 0.173 e. The Balaban J connectivity index is 2.37. The fourth-order valence-electron chi connectivity index (χ4n) is 2.40. The van der Waals surface area contributed by atoms with Crippen molar-refractivity contribution in [2.24, 2.45) is 5.41 Å². The van der Waals surface area contributed by atoms with Crippen LogP contribution < -0.4 is 5.32 Å². The van der Waals surface area contributed by atoms with Gasteiger partial charge in [0.25, 0.3) is 0 Å². The van der Waals surface area contributed by atoms with Crippen molar-refractivity contribution in [3.05, 3.63) is 34.9 Å². The number of ketones is 1. The summed E-state index contributed by atoms with van der Waals surface area (Å²) in [5.74, 6) is -2.26. The molecule has 1 aromatic carbocycles. The number of benzene rings is 1. The van der Waals surface area contributed by atoms with Gasteiger partial charge in [0.15, 0.2) is 17.4 Å². The maximum absolute atomic E-state index is 13.8. The van der Waals surface area contributed by atoms with Gasteiger partial charge in [0.1, 0.15) is 0 Å². The molecule has 0 aromatic heterocycles. The number of carbonyl (C=O) groups is 1. The maximum atomic E-state index is 13.8. The summed E-state index contributed by atoms with van der Waals surface area (Å²) < 4.78 is 27.3. The highest BCUT2D eigenvalue weighted by Gasteiger charge is 2.37. The summed E-state index contributed by atoms with van der Waals surface area (Å²) in [6.45, 7) is 4.67. The van der Waals surface area contributed by atoms with E-state index in [-0.39, 0.29) is 16.9 Å². The van der Waals surface area contributed by atoms with E-state index < -0.39 is 17.0 Å². The van der Waals surface area contributed by atoms with Crippen LogP contribution in [0.3, 0.4) is 0 Å². The summed E-state index contributed by atoms with van der Waals surface area (Å²) in [6.07, 6.45) is 1.58. The predicted octanol–water partition coefficient (Wildman–Crippen LogP) is 2.85. The Bertz CT molecular complexity index is 479. The van der Waals surface area contributed by atoms with E-state index in [0.717, 1.165) is 13.0 Å². The topological polar surface area (TPSA) is 29.1 Å². The summed E-state index contributed by atoms with van der Waals surface area (Å²) in [7, 11) is 0. The van der Waals surface area contributed by atoms with Crippen molar-refractivity contribution in [2.45, 2.75) is 26.7 Å². The van der Waals surface area contributed by atoms with Gasteiger partial charge < -0.3 is 5.32 Å². The normalized spacial score (nSPS) is 24.0. The molecule has 1 aromatic rings. The van der Waals surface area contributed by atoms with Crippen LogP contribution >= 0.6 is 0 Å². The van der Waals surface area contributed by atoms with Gasteiger partial charge in [-0.05, 0) is 37.9 Å². The van der Waals surface area contributed by atoms with Gasteiger partial charge in [-0.2, -0.15) is 0 Å². The number of hydrogen-bond donors (Lipinski definition) is 1. The number of hydrogen-bond acceptors (Lipinski definition) is 2. The van der Waals surface area contributed by atoms with Crippen LogP contribution in [0.15, 0.2) is 12.1 Å². The van der Waals surface area contributed by atoms with Crippen LogP contribution in [0, 0.1) is 24.0 Å². The lowest BCUT2D eigenvalue weighted by molar-refractivity contribution is 0.0767. The molecule has 0 spiro atoms. The SMILES string of the molecule is Cc1ccc(C(=O)C2(C)CCCNC2)c(F)c1F. The van der Waals surface area contributed by atoms with Crippen molar-refractivity contribution in [1.29, 1.82) is 0 Å². The third-order valence-corrected chi connectivity index (χ3v) is 3.67. The van der Waals surface area contributed by atoms with Crippen molar-refractivity contribution >= 4 is 5.78 Å². The fourth-order valence-corrected chi connectivity index (χ4v) is 2.40. The zero-order valence-corrected chi connectivity index (χ0v) is 10.6. The maximum Gasteiger partial charge on any atom is 0.173 e. The van der Waals surface area contributed by atoms with Gasteiger partial charge in [-0.1, -0.05) is 13.0 Å². The van der Waals surface area contributed by atoms with E-state index in [0.29, 0.717) is 13.0 Å². The van der Waals surface area contributed by atoms with Crippen molar-refractivity contribution in [2.75, 3.05) is 13.1 Å². The highest BCUT2D eigenvalue weighted by molar-refractivity contribution is 6.00. The first-order chi connectivity index (χ1) is 8.46. The Kier molecular flexibility index (Phi) is 3.48.